The lowest BCUT2D eigenvalue weighted by Crippen LogP contribution is -2.19. The number of nitrogens with zero attached hydrogens (tertiary/aromatic N) is 1. The van der Waals surface area contributed by atoms with Crippen molar-refractivity contribution in [3.63, 3.8) is 0 Å². The molecule has 0 aliphatic carbocycles. The molecule has 1 aromatic carbocycles. The van der Waals surface area contributed by atoms with Crippen LogP contribution in [0.25, 0.3) is 0 Å². The van der Waals surface area contributed by atoms with Crippen LogP contribution in [0.15, 0.2) is 22.6 Å². The molecule has 0 N–H and O–H groups in total. The Morgan fingerprint density at radius 1 is 1.25 bits per heavy atom. The highest BCUT2D eigenvalue weighted by Crippen LogP contribution is 2.14. The zero-order chi connectivity index (χ0) is 12.3. The standard InChI is InChI=1S/C11H13F2NOS/c1-11(2,3)16(15)14-7-8-9(12)5-4-6-10(8)13/h4-7H,1-3H3/t16-/m0/s1. The molecule has 0 spiro atoms. The van der Waals surface area contributed by atoms with Crippen molar-refractivity contribution < 1.29 is 13.0 Å². The molecular weight excluding hydrogens is 232 g/mol. The van der Waals surface area contributed by atoms with E-state index in [4.69, 9.17) is 0 Å². The minimum Gasteiger partial charge on any atom is -0.234 e. The minimum atomic E-state index is -1.52. The zero-order valence-corrected chi connectivity index (χ0v) is 10.1. The van der Waals surface area contributed by atoms with E-state index in [-0.39, 0.29) is 5.56 Å². The maximum absolute atomic E-state index is 13.2. The Morgan fingerprint density at radius 2 is 1.75 bits per heavy atom. The smallest absolute Gasteiger partial charge is 0.144 e. The third-order valence-corrected chi connectivity index (χ3v) is 3.15. The molecule has 2 nitrogen and oxygen atoms in total. The topological polar surface area (TPSA) is 29.4 Å². The van der Waals surface area contributed by atoms with E-state index in [1.165, 1.54) is 6.07 Å². The van der Waals surface area contributed by atoms with Crippen molar-refractivity contribution in [2.45, 2.75) is 25.5 Å². The first-order valence-corrected chi connectivity index (χ1v) is 5.83. The Labute approximate surface area is 96.0 Å². The van der Waals surface area contributed by atoms with Crippen LogP contribution in [-0.4, -0.2) is 15.2 Å². The van der Waals surface area contributed by atoms with Crippen LogP contribution >= 0.6 is 0 Å². The average molecular weight is 245 g/mol. The molecular formula is C11H13F2NOS. The van der Waals surface area contributed by atoms with E-state index in [9.17, 15) is 13.0 Å². The molecule has 0 aliphatic rings. The number of hydrogen-bond acceptors (Lipinski definition) is 1. The van der Waals surface area contributed by atoms with Gasteiger partial charge in [0, 0.05) is 0 Å². The van der Waals surface area contributed by atoms with Crippen molar-refractivity contribution in [2.75, 3.05) is 0 Å². The highest BCUT2D eigenvalue weighted by atomic mass is 32.2. The van der Waals surface area contributed by atoms with Gasteiger partial charge in [-0.3, -0.25) is 0 Å². The minimum absolute atomic E-state index is 0.264. The Bertz CT molecular complexity index is 418. The van der Waals surface area contributed by atoms with E-state index in [0.29, 0.717) is 0 Å². The molecule has 0 bridgehead atoms. The van der Waals surface area contributed by atoms with E-state index >= 15 is 0 Å². The number of hydrogen-bond donors (Lipinski definition) is 0. The summed E-state index contributed by atoms with van der Waals surface area (Å²) in [6.45, 7) is 5.20. The lowest BCUT2D eigenvalue weighted by molar-refractivity contribution is 0.580. The van der Waals surface area contributed by atoms with Crippen LogP contribution < -0.4 is 0 Å². The summed E-state index contributed by atoms with van der Waals surface area (Å²) < 4.78 is 41.0. The van der Waals surface area contributed by atoms with Gasteiger partial charge in [-0.15, -0.1) is 0 Å². The SMILES string of the molecule is CC(C)(C)[S@](=O)N=Cc1c(F)cccc1F. The van der Waals surface area contributed by atoms with Crippen molar-refractivity contribution in [2.24, 2.45) is 4.40 Å². The first-order chi connectivity index (χ1) is 7.32. The molecule has 16 heavy (non-hydrogen) atoms. The normalized spacial score (nSPS) is 14.3. The van der Waals surface area contributed by atoms with E-state index < -0.39 is 27.4 Å². The summed E-state index contributed by atoms with van der Waals surface area (Å²) in [5.41, 5.74) is -0.264. The van der Waals surface area contributed by atoms with Crippen LogP contribution in [0.2, 0.25) is 0 Å². The van der Waals surface area contributed by atoms with Crippen molar-refractivity contribution in [1.29, 1.82) is 0 Å². The van der Waals surface area contributed by atoms with Crippen molar-refractivity contribution in [3.8, 4) is 0 Å². The summed E-state index contributed by atoms with van der Waals surface area (Å²) in [4.78, 5) is 0. The lowest BCUT2D eigenvalue weighted by Gasteiger charge is -2.12. The monoisotopic (exact) mass is 245 g/mol. The van der Waals surface area contributed by atoms with E-state index in [1.54, 1.807) is 20.8 Å². The maximum atomic E-state index is 13.2. The molecule has 5 heteroatoms. The van der Waals surface area contributed by atoms with Crippen LogP contribution in [-0.2, 0) is 11.0 Å². The van der Waals surface area contributed by atoms with Gasteiger partial charge < -0.3 is 0 Å². The van der Waals surface area contributed by atoms with Crippen molar-refractivity contribution in [3.05, 3.63) is 35.4 Å². The maximum Gasteiger partial charge on any atom is 0.144 e. The molecule has 0 aromatic heterocycles. The van der Waals surface area contributed by atoms with Crippen LogP contribution in [0.4, 0.5) is 8.78 Å². The van der Waals surface area contributed by atoms with Crippen molar-refractivity contribution >= 4 is 17.2 Å². The predicted molar refractivity (Wildman–Crippen MR) is 61.8 cm³/mol. The molecule has 1 atom stereocenters. The Kier molecular flexibility index (Phi) is 3.91. The fourth-order valence-corrected chi connectivity index (χ4v) is 1.41. The van der Waals surface area contributed by atoms with Gasteiger partial charge in [0.15, 0.2) is 0 Å². The fraction of sp³-hybridized carbons (Fsp3) is 0.364. The van der Waals surface area contributed by atoms with Gasteiger partial charge in [-0.05, 0) is 32.9 Å². The number of rotatable bonds is 2. The van der Waals surface area contributed by atoms with Gasteiger partial charge in [-0.25, -0.2) is 13.0 Å². The Morgan fingerprint density at radius 3 is 2.19 bits per heavy atom. The molecule has 0 unspecified atom stereocenters. The summed E-state index contributed by atoms with van der Waals surface area (Å²) in [5, 5.41) is 0. The quantitative estimate of drug-likeness (QED) is 0.737. The van der Waals surface area contributed by atoms with Gasteiger partial charge in [-0.1, -0.05) is 6.07 Å². The Balaban J connectivity index is 2.98. The molecule has 1 rings (SSSR count). The second kappa shape index (κ2) is 4.82. The van der Waals surface area contributed by atoms with Crippen LogP contribution in [0.5, 0.6) is 0 Å². The molecule has 88 valence electrons. The number of halogens is 2. The molecule has 0 saturated carbocycles. The van der Waals surface area contributed by atoms with E-state index in [2.05, 4.69) is 4.40 Å². The third kappa shape index (κ3) is 3.20. The first kappa shape index (κ1) is 13.0. The van der Waals surface area contributed by atoms with Crippen molar-refractivity contribution in [1.82, 2.24) is 0 Å². The lowest BCUT2D eigenvalue weighted by atomic mass is 10.2. The largest absolute Gasteiger partial charge is 0.234 e. The van der Waals surface area contributed by atoms with E-state index in [0.717, 1.165) is 18.3 Å². The summed E-state index contributed by atoms with van der Waals surface area (Å²) in [7, 11) is -1.52. The number of benzene rings is 1. The fourth-order valence-electron chi connectivity index (χ4n) is 0.893. The second-order valence-electron chi connectivity index (χ2n) is 4.23. The van der Waals surface area contributed by atoms with Gasteiger partial charge >= 0.3 is 0 Å². The van der Waals surface area contributed by atoms with Crippen LogP contribution in [0, 0.1) is 11.6 Å². The highest BCUT2D eigenvalue weighted by molar-refractivity contribution is 7.85. The molecule has 0 heterocycles. The first-order valence-electron chi connectivity index (χ1n) is 4.72. The second-order valence-corrected chi connectivity index (χ2v) is 6.17. The van der Waals surface area contributed by atoms with Gasteiger partial charge in [0.2, 0.25) is 0 Å². The summed E-state index contributed by atoms with van der Waals surface area (Å²) >= 11 is 0. The third-order valence-electron chi connectivity index (χ3n) is 1.80. The average Bonchev–Trinajstić information content (AvgIpc) is 2.15. The van der Waals surface area contributed by atoms with E-state index in [1.807, 2.05) is 0 Å². The zero-order valence-electron chi connectivity index (χ0n) is 9.33. The molecule has 0 saturated heterocycles. The molecule has 0 amide bonds. The van der Waals surface area contributed by atoms with Crippen LogP contribution in [0.1, 0.15) is 26.3 Å². The predicted octanol–water partition coefficient (Wildman–Crippen LogP) is 2.85. The van der Waals surface area contributed by atoms with Gasteiger partial charge in [0.25, 0.3) is 0 Å². The molecule has 0 radical (unpaired) electrons. The molecule has 1 aromatic rings. The van der Waals surface area contributed by atoms with Gasteiger partial charge in [-0.2, -0.15) is 4.40 Å². The molecule has 0 fully saturated rings. The highest BCUT2D eigenvalue weighted by Gasteiger charge is 2.18. The Hall–Kier alpha value is -1.10. The van der Waals surface area contributed by atoms with Gasteiger partial charge in [0.05, 0.1) is 16.5 Å². The molecule has 0 aliphatic heterocycles. The van der Waals surface area contributed by atoms with Crippen LogP contribution in [0.3, 0.4) is 0 Å². The van der Waals surface area contributed by atoms with Gasteiger partial charge in [0.1, 0.15) is 22.6 Å². The summed E-state index contributed by atoms with van der Waals surface area (Å²) in [5.74, 6) is -1.43. The summed E-state index contributed by atoms with van der Waals surface area (Å²) in [6.07, 6.45) is 0.978. The summed E-state index contributed by atoms with van der Waals surface area (Å²) in [6, 6.07) is 3.53.